The maximum Gasteiger partial charge on any atom is 0.340 e. The van der Waals surface area contributed by atoms with Crippen LogP contribution in [0.15, 0.2) is 41.1 Å². The molecule has 26 heavy (non-hydrogen) atoms. The summed E-state index contributed by atoms with van der Waals surface area (Å²) in [6.45, 7) is 4.27. The topological polar surface area (TPSA) is 55.8 Å². The predicted octanol–water partition coefficient (Wildman–Crippen LogP) is 3.70. The average molecular weight is 355 g/mol. The summed E-state index contributed by atoms with van der Waals surface area (Å²) in [5.41, 5.74) is 2.21. The first-order valence-corrected chi connectivity index (χ1v) is 9.15. The minimum atomic E-state index is -0.475. The van der Waals surface area contributed by atoms with Crippen molar-refractivity contribution in [3.63, 3.8) is 0 Å². The van der Waals surface area contributed by atoms with E-state index in [0.29, 0.717) is 29.2 Å². The zero-order valence-electron chi connectivity index (χ0n) is 15.6. The number of para-hydroxylation sites is 1. The Kier molecular flexibility index (Phi) is 5.45. The summed E-state index contributed by atoms with van der Waals surface area (Å²) >= 11 is 0. The van der Waals surface area contributed by atoms with E-state index in [9.17, 15) is 9.59 Å². The van der Waals surface area contributed by atoms with Crippen molar-refractivity contribution in [2.75, 3.05) is 13.7 Å². The lowest BCUT2D eigenvalue weighted by atomic mass is 10.0. The first-order valence-electron chi connectivity index (χ1n) is 9.15. The average Bonchev–Trinajstić information content (AvgIpc) is 3.23. The molecule has 0 saturated heterocycles. The summed E-state index contributed by atoms with van der Waals surface area (Å²) in [7, 11) is 1.34. The monoisotopic (exact) mass is 355 g/mol. The number of esters is 1. The number of methoxy groups -OCH3 is 1. The van der Waals surface area contributed by atoms with Crippen molar-refractivity contribution < 1.29 is 19.1 Å². The maximum absolute atomic E-state index is 13.2. The van der Waals surface area contributed by atoms with Crippen LogP contribution in [-0.2, 0) is 14.3 Å². The molecule has 1 saturated carbocycles. The molecule has 5 heteroatoms. The molecule has 1 fully saturated rings. The predicted molar refractivity (Wildman–Crippen MR) is 99.4 cm³/mol. The van der Waals surface area contributed by atoms with Crippen molar-refractivity contribution in [2.24, 2.45) is 0 Å². The molecular formula is C21H25NO4. The van der Waals surface area contributed by atoms with E-state index >= 15 is 0 Å². The molecule has 1 aromatic rings. The lowest BCUT2D eigenvalue weighted by Crippen LogP contribution is -2.34. The largest absolute Gasteiger partial charge is 0.493 e. The maximum atomic E-state index is 13.2. The van der Waals surface area contributed by atoms with E-state index in [1.54, 1.807) is 11.0 Å². The highest BCUT2D eigenvalue weighted by atomic mass is 16.5. The lowest BCUT2D eigenvalue weighted by molar-refractivity contribution is -0.136. The lowest BCUT2D eigenvalue weighted by Gasteiger charge is -2.25. The van der Waals surface area contributed by atoms with Gasteiger partial charge in [0, 0.05) is 17.3 Å². The Morgan fingerprint density at radius 1 is 1.27 bits per heavy atom. The molecule has 1 heterocycles. The molecule has 1 aromatic carbocycles. The second-order valence-electron chi connectivity index (χ2n) is 6.59. The van der Waals surface area contributed by atoms with Gasteiger partial charge in [0.1, 0.15) is 5.75 Å². The van der Waals surface area contributed by atoms with Gasteiger partial charge in [-0.1, -0.05) is 31.0 Å². The molecule has 138 valence electrons. The van der Waals surface area contributed by atoms with Crippen LogP contribution < -0.4 is 4.74 Å². The van der Waals surface area contributed by atoms with Gasteiger partial charge >= 0.3 is 5.97 Å². The van der Waals surface area contributed by atoms with E-state index in [1.165, 1.54) is 7.11 Å². The quantitative estimate of drug-likeness (QED) is 0.597. The van der Waals surface area contributed by atoms with Crippen molar-refractivity contribution in [3.8, 4) is 5.75 Å². The Hall–Kier alpha value is -2.56. The Bertz CT molecular complexity index is 772. The van der Waals surface area contributed by atoms with E-state index in [1.807, 2.05) is 38.1 Å². The van der Waals surface area contributed by atoms with Crippen LogP contribution in [0.2, 0.25) is 0 Å². The van der Waals surface area contributed by atoms with Gasteiger partial charge < -0.3 is 14.4 Å². The van der Waals surface area contributed by atoms with Gasteiger partial charge in [0.25, 0.3) is 5.91 Å². The molecule has 0 spiro atoms. The van der Waals surface area contributed by atoms with E-state index in [2.05, 4.69) is 0 Å². The summed E-state index contributed by atoms with van der Waals surface area (Å²) < 4.78 is 10.6. The van der Waals surface area contributed by atoms with Gasteiger partial charge in [-0.15, -0.1) is 0 Å². The molecular weight excluding hydrogens is 330 g/mol. The van der Waals surface area contributed by atoms with E-state index in [4.69, 9.17) is 9.47 Å². The number of amides is 1. The Morgan fingerprint density at radius 3 is 2.62 bits per heavy atom. The highest BCUT2D eigenvalue weighted by molar-refractivity contribution is 6.16. The zero-order chi connectivity index (χ0) is 18.7. The number of hydrogen-bond donors (Lipinski definition) is 0. The van der Waals surface area contributed by atoms with Crippen molar-refractivity contribution in [2.45, 2.75) is 45.6 Å². The highest BCUT2D eigenvalue weighted by Gasteiger charge is 2.41. The van der Waals surface area contributed by atoms with Gasteiger partial charge in [0.05, 0.1) is 24.9 Å². The first kappa shape index (κ1) is 18.2. The molecule has 0 atom stereocenters. The second-order valence-corrected chi connectivity index (χ2v) is 6.59. The Labute approximate surface area is 154 Å². The van der Waals surface area contributed by atoms with Crippen molar-refractivity contribution in [3.05, 3.63) is 46.7 Å². The van der Waals surface area contributed by atoms with Crippen LogP contribution in [0.4, 0.5) is 0 Å². The van der Waals surface area contributed by atoms with Crippen LogP contribution >= 0.6 is 0 Å². The molecule has 2 aliphatic rings. The van der Waals surface area contributed by atoms with Crippen LogP contribution in [0.25, 0.3) is 6.08 Å². The van der Waals surface area contributed by atoms with Gasteiger partial charge in [-0.3, -0.25) is 4.79 Å². The van der Waals surface area contributed by atoms with Gasteiger partial charge in [-0.05, 0) is 38.8 Å². The number of allylic oxidation sites excluding steroid dienone is 1. The SMILES string of the molecule is CCOc1ccccc1/C=C1\C(=O)N(C2CCCC2)C(C)=C1C(=O)OC. The molecule has 0 aromatic heterocycles. The molecule has 5 nitrogen and oxygen atoms in total. The summed E-state index contributed by atoms with van der Waals surface area (Å²) in [6.07, 6.45) is 5.92. The van der Waals surface area contributed by atoms with Crippen LogP contribution in [0, 0.1) is 0 Å². The van der Waals surface area contributed by atoms with E-state index < -0.39 is 5.97 Å². The van der Waals surface area contributed by atoms with Gasteiger partial charge in [0.2, 0.25) is 0 Å². The fourth-order valence-electron chi connectivity index (χ4n) is 3.84. The third kappa shape index (κ3) is 3.26. The van der Waals surface area contributed by atoms with Crippen molar-refractivity contribution in [1.29, 1.82) is 0 Å². The number of ether oxygens (including phenoxy) is 2. The summed E-state index contributed by atoms with van der Waals surface area (Å²) in [6, 6.07) is 7.68. The highest BCUT2D eigenvalue weighted by Crippen LogP contribution is 2.38. The van der Waals surface area contributed by atoms with Gasteiger partial charge in [0.15, 0.2) is 0 Å². The molecule has 1 aliphatic carbocycles. The molecule has 1 amide bonds. The molecule has 3 rings (SSSR count). The third-order valence-electron chi connectivity index (χ3n) is 5.04. The van der Waals surface area contributed by atoms with Crippen LogP contribution in [0.1, 0.15) is 45.1 Å². The number of benzene rings is 1. The molecule has 0 radical (unpaired) electrons. The van der Waals surface area contributed by atoms with E-state index in [0.717, 1.165) is 31.2 Å². The van der Waals surface area contributed by atoms with E-state index in [-0.39, 0.29) is 11.9 Å². The number of nitrogens with zero attached hydrogens (tertiary/aromatic N) is 1. The fraction of sp³-hybridized carbons (Fsp3) is 0.429. The van der Waals surface area contributed by atoms with Crippen LogP contribution in [0.5, 0.6) is 5.75 Å². The molecule has 0 unspecified atom stereocenters. The van der Waals surface area contributed by atoms with Crippen molar-refractivity contribution >= 4 is 18.0 Å². The molecule has 0 N–H and O–H groups in total. The zero-order valence-corrected chi connectivity index (χ0v) is 15.6. The minimum Gasteiger partial charge on any atom is -0.493 e. The van der Waals surface area contributed by atoms with Gasteiger partial charge in [-0.2, -0.15) is 0 Å². The summed E-state index contributed by atoms with van der Waals surface area (Å²) in [5.74, 6) is 0.0917. The van der Waals surface area contributed by atoms with Crippen LogP contribution in [0.3, 0.4) is 0 Å². The third-order valence-corrected chi connectivity index (χ3v) is 5.04. The summed E-state index contributed by atoms with van der Waals surface area (Å²) in [5, 5.41) is 0. The number of rotatable bonds is 5. The number of carbonyl (C=O) groups is 2. The molecule has 1 aliphatic heterocycles. The van der Waals surface area contributed by atoms with Gasteiger partial charge in [-0.25, -0.2) is 4.79 Å². The first-order chi connectivity index (χ1) is 12.6. The second kappa shape index (κ2) is 7.77. The fourth-order valence-corrected chi connectivity index (χ4v) is 3.84. The van der Waals surface area contributed by atoms with Crippen LogP contribution in [-0.4, -0.2) is 36.5 Å². The summed E-state index contributed by atoms with van der Waals surface area (Å²) in [4.78, 5) is 27.4. The minimum absolute atomic E-state index is 0.124. The standard InChI is InChI=1S/C21H25NO4/c1-4-26-18-12-8-5-9-15(18)13-17-19(21(24)25-3)14(2)22(20(17)23)16-10-6-7-11-16/h5,8-9,12-13,16H,4,6-7,10-11H2,1-3H3/b17-13-. The smallest absolute Gasteiger partial charge is 0.340 e. The number of carbonyl (C=O) groups excluding carboxylic acids is 2. The van der Waals surface area contributed by atoms with Crippen molar-refractivity contribution in [1.82, 2.24) is 4.90 Å². The Balaban J connectivity index is 2.07. The normalized spacial score (nSPS) is 19.6. The number of hydrogen-bond acceptors (Lipinski definition) is 4. The molecule has 0 bridgehead atoms. The Morgan fingerprint density at radius 2 is 1.96 bits per heavy atom.